The number of thiophene rings is 1. The van der Waals surface area contributed by atoms with Gasteiger partial charge in [0.2, 0.25) is 0 Å². The highest BCUT2D eigenvalue weighted by Gasteiger charge is 2.51. The molecule has 1 atom stereocenters. The molecule has 2 heteroatoms. The lowest BCUT2D eigenvalue weighted by molar-refractivity contribution is 0.647. The SMILES string of the molecule is CC1(C)c2ccccc2-c2ccc3c(c21)N(c1ccc(-c2cccc4sc5ccccc5c24)cc1)c1cccc2c1[C@@]3(C)c1ccccc1-2. The average molecular weight is 644 g/mol. The maximum atomic E-state index is 2.60. The van der Waals surface area contributed by atoms with Crippen molar-refractivity contribution in [3.63, 3.8) is 0 Å². The van der Waals surface area contributed by atoms with E-state index >= 15 is 0 Å². The van der Waals surface area contributed by atoms with Crippen LogP contribution in [0.25, 0.3) is 53.6 Å². The topological polar surface area (TPSA) is 3.24 Å². The van der Waals surface area contributed by atoms with Crippen molar-refractivity contribution in [2.24, 2.45) is 0 Å². The molecule has 2 heterocycles. The van der Waals surface area contributed by atoms with Crippen LogP contribution in [0, 0.1) is 0 Å². The monoisotopic (exact) mass is 643 g/mol. The molecule has 11 rings (SSSR count). The summed E-state index contributed by atoms with van der Waals surface area (Å²) < 4.78 is 2.68. The molecule has 0 saturated carbocycles. The number of hydrogen-bond acceptors (Lipinski definition) is 2. The van der Waals surface area contributed by atoms with Gasteiger partial charge in [-0.15, -0.1) is 11.3 Å². The summed E-state index contributed by atoms with van der Waals surface area (Å²) in [6.07, 6.45) is 0. The lowest BCUT2D eigenvalue weighted by Gasteiger charge is -2.45. The van der Waals surface area contributed by atoms with E-state index in [1.165, 1.54) is 98.4 Å². The molecule has 8 aromatic rings. The molecule has 0 fully saturated rings. The Balaban J connectivity index is 1.18. The van der Waals surface area contributed by atoms with E-state index in [1.54, 1.807) is 0 Å². The Morgan fingerprint density at radius 2 is 1.10 bits per heavy atom. The first kappa shape index (κ1) is 27.5. The van der Waals surface area contributed by atoms with Gasteiger partial charge in [0.05, 0.1) is 11.4 Å². The molecule has 0 radical (unpaired) electrons. The Labute approximate surface area is 290 Å². The Morgan fingerprint density at radius 3 is 1.94 bits per heavy atom. The van der Waals surface area contributed by atoms with Crippen molar-refractivity contribution in [2.45, 2.75) is 31.6 Å². The van der Waals surface area contributed by atoms with Gasteiger partial charge in [0.15, 0.2) is 0 Å². The van der Waals surface area contributed by atoms with Crippen molar-refractivity contribution >= 4 is 48.6 Å². The van der Waals surface area contributed by atoms with Gasteiger partial charge < -0.3 is 4.90 Å². The van der Waals surface area contributed by atoms with Crippen molar-refractivity contribution in [1.82, 2.24) is 0 Å². The highest BCUT2D eigenvalue weighted by molar-refractivity contribution is 7.25. The fraction of sp³-hybridized carbons (Fsp3) is 0.106. The van der Waals surface area contributed by atoms with E-state index in [0.29, 0.717) is 0 Å². The van der Waals surface area contributed by atoms with Crippen LogP contribution in [0.1, 0.15) is 48.6 Å². The van der Waals surface area contributed by atoms with E-state index in [4.69, 9.17) is 0 Å². The first-order valence-electron chi connectivity index (χ1n) is 17.3. The van der Waals surface area contributed by atoms with E-state index in [1.807, 2.05) is 11.3 Å². The number of nitrogens with zero attached hydrogens (tertiary/aromatic N) is 1. The van der Waals surface area contributed by atoms with Crippen LogP contribution >= 0.6 is 11.3 Å². The Kier molecular flexibility index (Phi) is 5.26. The minimum absolute atomic E-state index is 0.158. The lowest BCUT2D eigenvalue weighted by Crippen LogP contribution is -2.34. The first-order valence-corrected chi connectivity index (χ1v) is 18.1. The number of hydrogen-bond donors (Lipinski definition) is 0. The van der Waals surface area contributed by atoms with E-state index in [0.717, 1.165) is 0 Å². The van der Waals surface area contributed by atoms with E-state index < -0.39 is 0 Å². The van der Waals surface area contributed by atoms with Crippen molar-refractivity contribution in [1.29, 1.82) is 0 Å². The van der Waals surface area contributed by atoms with Gasteiger partial charge in [0.25, 0.3) is 0 Å². The van der Waals surface area contributed by atoms with Gasteiger partial charge in [-0.2, -0.15) is 0 Å². The minimum Gasteiger partial charge on any atom is -0.309 e. The zero-order valence-corrected chi connectivity index (χ0v) is 28.5. The molecule has 0 amide bonds. The van der Waals surface area contributed by atoms with Gasteiger partial charge >= 0.3 is 0 Å². The lowest BCUT2D eigenvalue weighted by atomic mass is 9.68. The van der Waals surface area contributed by atoms with Crippen molar-refractivity contribution in [3.05, 3.63) is 173 Å². The molecule has 0 unspecified atom stereocenters. The summed E-state index contributed by atoms with van der Waals surface area (Å²) in [5, 5.41) is 2.69. The molecule has 0 saturated heterocycles. The Bertz CT molecular complexity index is 2710. The predicted molar refractivity (Wildman–Crippen MR) is 208 cm³/mol. The maximum Gasteiger partial charge on any atom is 0.0553 e. The smallest absolute Gasteiger partial charge is 0.0553 e. The molecule has 0 bridgehead atoms. The van der Waals surface area contributed by atoms with Crippen LogP contribution in [0.5, 0.6) is 0 Å². The van der Waals surface area contributed by atoms with Gasteiger partial charge in [-0.3, -0.25) is 0 Å². The van der Waals surface area contributed by atoms with Crippen LogP contribution in [0.4, 0.5) is 17.1 Å². The van der Waals surface area contributed by atoms with Crippen LogP contribution in [0.15, 0.2) is 146 Å². The highest BCUT2D eigenvalue weighted by Crippen LogP contribution is 2.66. The molecule has 232 valence electrons. The summed E-state index contributed by atoms with van der Waals surface area (Å²) >= 11 is 1.88. The van der Waals surface area contributed by atoms with Gasteiger partial charge in [-0.25, -0.2) is 0 Å². The molecule has 2 aliphatic carbocycles. The normalized spacial score (nSPS) is 17.5. The number of fused-ring (bicyclic) bond motifs is 12. The summed E-state index contributed by atoms with van der Waals surface area (Å²) in [4.78, 5) is 2.60. The summed E-state index contributed by atoms with van der Waals surface area (Å²) in [5.41, 5.74) is 18.4. The Morgan fingerprint density at radius 1 is 0.469 bits per heavy atom. The second-order valence-corrected chi connectivity index (χ2v) is 15.7. The maximum absolute atomic E-state index is 2.60. The molecule has 3 aliphatic rings. The number of anilines is 3. The second kappa shape index (κ2) is 9.37. The molecular formula is C47H33NS. The van der Waals surface area contributed by atoms with Crippen LogP contribution < -0.4 is 4.90 Å². The third kappa shape index (κ3) is 3.35. The molecule has 1 nitrogen and oxygen atoms in total. The number of rotatable bonds is 2. The van der Waals surface area contributed by atoms with Crippen molar-refractivity contribution in [2.75, 3.05) is 4.90 Å². The summed E-state index contributed by atoms with van der Waals surface area (Å²) in [5.74, 6) is 0. The number of benzene rings is 7. The zero-order valence-electron chi connectivity index (χ0n) is 27.7. The minimum atomic E-state index is -0.260. The second-order valence-electron chi connectivity index (χ2n) is 14.6. The van der Waals surface area contributed by atoms with Crippen molar-refractivity contribution in [3.8, 4) is 33.4 Å². The Hall–Kier alpha value is -5.44. The van der Waals surface area contributed by atoms with E-state index in [9.17, 15) is 0 Å². The zero-order chi connectivity index (χ0) is 32.6. The molecule has 0 spiro atoms. The molecule has 1 aliphatic heterocycles. The third-order valence-corrected chi connectivity index (χ3v) is 13.0. The van der Waals surface area contributed by atoms with Gasteiger partial charge in [-0.1, -0.05) is 129 Å². The van der Waals surface area contributed by atoms with Crippen LogP contribution in [0.2, 0.25) is 0 Å². The standard InChI is InChI=1S/C47H33NS/c1-46(2)36-17-7-4-12-31(36)34-26-27-38-45(44(34)46)48(39-19-10-16-33-32-13-5-8-18-37(32)47(38,3)43(33)39)29-24-22-28(23-25-29)30-15-11-21-41-42(30)35-14-6-9-20-40(35)49-41/h4-27H,1-3H3/t47-/m0/s1. The van der Waals surface area contributed by atoms with E-state index in [-0.39, 0.29) is 10.8 Å². The fourth-order valence-corrected chi connectivity index (χ4v) is 10.9. The molecular weight excluding hydrogens is 611 g/mol. The fourth-order valence-electron chi connectivity index (χ4n) is 9.72. The summed E-state index contributed by atoms with van der Waals surface area (Å²) in [6, 6.07) is 54.8. The summed E-state index contributed by atoms with van der Waals surface area (Å²) in [7, 11) is 0. The van der Waals surface area contributed by atoms with Crippen LogP contribution in [0.3, 0.4) is 0 Å². The van der Waals surface area contributed by atoms with Crippen LogP contribution in [-0.2, 0) is 10.8 Å². The van der Waals surface area contributed by atoms with Crippen molar-refractivity contribution < 1.29 is 0 Å². The predicted octanol–water partition coefficient (Wildman–Crippen LogP) is 13.1. The van der Waals surface area contributed by atoms with Gasteiger partial charge in [0, 0.05) is 36.7 Å². The first-order chi connectivity index (χ1) is 24.0. The average Bonchev–Trinajstić information content (AvgIpc) is 3.74. The van der Waals surface area contributed by atoms with Gasteiger partial charge in [0.1, 0.15) is 0 Å². The van der Waals surface area contributed by atoms with Crippen LogP contribution in [-0.4, -0.2) is 0 Å². The molecule has 0 N–H and O–H groups in total. The van der Waals surface area contributed by atoms with Gasteiger partial charge in [-0.05, 0) is 98.5 Å². The molecule has 1 aromatic heterocycles. The summed E-state index contributed by atoms with van der Waals surface area (Å²) in [6.45, 7) is 7.30. The molecule has 7 aromatic carbocycles. The highest BCUT2D eigenvalue weighted by atomic mass is 32.1. The van der Waals surface area contributed by atoms with E-state index in [2.05, 4.69) is 171 Å². The quantitative estimate of drug-likeness (QED) is 0.181. The largest absolute Gasteiger partial charge is 0.309 e. The molecule has 49 heavy (non-hydrogen) atoms. The third-order valence-electron chi connectivity index (χ3n) is 11.8.